The largest absolute Gasteiger partial charge is 0.462 e. The SMILES string of the molecule is CCOC(=O)c1cc(Cl)cnc1C(=O)OCC. The van der Waals surface area contributed by atoms with Crippen LogP contribution in [0.5, 0.6) is 0 Å². The third-order valence-corrected chi connectivity index (χ3v) is 2.03. The van der Waals surface area contributed by atoms with Gasteiger partial charge in [0, 0.05) is 6.20 Å². The van der Waals surface area contributed by atoms with Crippen LogP contribution in [0, 0.1) is 0 Å². The fourth-order valence-electron chi connectivity index (χ4n) is 1.17. The molecule has 0 bridgehead atoms. The minimum Gasteiger partial charge on any atom is -0.462 e. The molecule has 1 aromatic rings. The summed E-state index contributed by atoms with van der Waals surface area (Å²) >= 11 is 5.72. The molecular weight excluding hydrogens is 246 g/mol. The second kappa shape index (κ2) is 6.20. The minimum atomic E-state index is -0.674. The molecule has 0 amide bonds. The topological polar surface area (TPSA) is 65.5 Å². The van der Waals surface area contributed by atoms with Gasteiger partial charge in [0.15, 0.2) is 5.69 Å². The van der Waals surface area contributed by atoms with E-state index in [9.17, 15) is 9.59 Å². The predicted molar refractivity (Wildman–Crippen MR) is 61.2 cm³/mol. The maximum atomic E-state index is 11.6. The second-order valence-electron chi connectivity index (χ2n) is 2.99. The fraction of sp³-hybridized carbons (Fsp3) is 0.364. The van der Waals surface area contributed by atoms with Crippen molar-refractivity contribution in [3.63, 3.8) is 0 Å². The standard InChI is InChI=1S/C11H12ClNO4/c1-3-16-10(14)8-5-7(12)6-13-9(8)11(15)17-4-2/h5-6H,3-4H2,1-2H3. The lowest BCUT2D eigenvalue weighted by molar-refractivity contribution is 0.0473. The van der Waals surface area contributed by atoms with E-state index in [1.807, 2.05) is 0 Å². The van der Waals surface area contributed by atoms with Crippen LogP contribution in [0.1, 0.15) is 34.7 Å². The highest BCUT2D eigenvalue weighted by Crippen LogP contribution is 2.15. The van der Waals surface area contributed by atoms with Crippen LogP contribution in [0.15, 0.2) is 12.3 Å². The summed E-state index contributed by atoms with van der Waals surface area (Å²) in [5.41, 5.74) is -0.0764. The number of carbonyl (C=O) groups is 2. The first-order chi connectivity index (χ1) is 8.10. The molecule has 5 nitrogen and oxygen atoms in total. The summed E-state index contributed by atoms with van der Waals surface area (Å²) in [6, 6.07) is 1.33. The lowest BCUT2D eigenvalue weighted by Crippen LogP contribution is -2.15. The molecule has 0 atom stereocenters. The van der Waals surface area contributed by atoms with E-state index in [4.69, 9.17) is 21.1 Å². The zero-order valence-electron chi connectivity index (χ0n) is 9.53. The molecule has 0 aromatic carbocycles. The Morgan fingerprint density at radius 3 is 2.41 bits per heavy atom. The molecule has 0 aliphatic rings. The zero-order chi connectivity index (χ0) is 12.8. The summed E-state index contributed by atoms with van der Waals surface area (Å²) < 4.78 is 9.59. The zero-order valence-corrected chi connectivity index (χ0v) is 10.3. The highest BCUT2D eigenvalue weighted by Gasteiger charge is 2.21. The van der Waals surface area contributed by atoms with Gasteiger partial charge in [-0.25, -0.2) is 14.6 Å². The number of ether oxygens (including phenoxy) is 2. The molecular formula is C11H12ClNO4. The lowest BCUT2D eigenvalue weighted by atomic mass is 10.2. The molecule has 0 fully saturated rings. The van der Waals surface area contributed by atoms with Gasteiger partial charge in [0.2, 0.25) is 0 Å². The second-order valence-corrected chi connectivity index (χ2v) is 3.43. The molecule has 1 aromatic heterocycles. The Balaban J connectivity index is 3.11. The van der Waals surface area contributed by atoms with Crippen molar-refractivity contribution in [1.29, 1.82) is 0 Å². The van der Waals surface area contributed by atoms with Gasteiger partial charge in [0.05, 0.1) is 23.8 Å². The molecule has 0 spiro atoms. The van der Waals surface area contributed by atoms with Crippen LogP contribution < -0.4 is 0 Å². The average molecular weight is 258 g/mol. The molecule has 0 unspecified atom stereocenters. The van der Waals surface area contributed by atoms with Crippen molar-refractivity contribution >= 4 is 23.5 Å². The summed E-state index contributed by atoms with van der Waals surface area (Å²) in [5.74, 6) is -1.32. The Morgan fingerprint density at radius 2 is 1.82 bits per heavy atom. The first-order valence-electron chi connectivity index (χ1n) is 5.09. The molecule has 6 heteroatoms. The van der Waals surface area contributed by atoms with Crippen molar-refractivity contribution in [3.8, 4) is 0 Å². The number of pyridine rings is 1. The van der Waals surface area contributed by atoms with E-state index in [1.165, 1.54) is 12.3 Å². The molecule has 92 valence electrons. The first-order valence-corrected chi connectivity index (χ1v) is 5.47. The number of hydrogen-bond acceptors (Lipinski definition) is 5. The molecule has 17 heavy (non-hydrogen) atoms. The van der Waals surface area contributed by atoms with Gasteiger partial charge in [0.1, 0.15) is 0 Å². The number of hydrogen-bond donors (Lipinski definition) is 0. The normalized spacial score (nSPS) is 9.82. The molecule has 1 rings (SSSR count). The molecule has 0 N–H and O–H groups in total. The molecule has 0 saturated carbocycles. The number of halogens is 1. The van der Waals surface area contributed by atoms with E-state index < -0.39 is 11.9 Å². The Hall–Kier alpha value is -1.62. The maximum Gasteiger partial charge on any atom is 0.357 e. The van der Waals surface area contributed by atoms with E-state index in [0.717, 1.165) is 0 Å². The van der Waals surface area contributed by atoms with Gasteiger partial charge in [-0.15, -0.1) is 0 Å². The first kappa shape index (κ1) is 13.4. The van der Waals surface area contributed by atoms with Crippen LogP contribution in [0.2, 0.25) is 5.02 Å². The van der Waals surface area contributed by atoms with Gasteiger partial charge >= 0.3 is 11.9 Å². The summed E-state index contributed by atoms with van der Waals surface area (Å²) in [7, 11) is 0. The monoisotopic (exact) mass is 257 g/mol. The Labute approximate surface area is 104 Å². The predicted octanol–water partition coefficient (Wildman–Crippen LogP) is 2.09. The van der Waals surface area contributed by atoms with E-state index in [1.54, 1.807) is 13.8 Å². The molecule has 0 aliphatic heterocycles. The summed E-state index contributed by atoms with van der Waals surface area (Å²) in [6.07, 6.45) is 1.27. The lowest BCUT2D eigenvalue weighted by Gasteiger charge is -2.07. The number of nitrogens with zero attached hydrogens (tertiary/aromatic N) is 1. The third kappa shape index (κ3) is 3.42. The van der Waals surface area contributed by atoms with Crippen molar-refractivity contribution in [2.24, 2.45) is 0 Å². The molecule has 0 aliphatic carbocycles. The van der Waals surface area contributed by atoms with Crippen molar-refractivity contribution in [1.82, 2.24) is 4.98 Å². The Kier molecular flexibility index (Phi) is 4.90. The maximum absolute atomic E-state index is 11.6. The van der Waals surface area contributed by atoms with Crippen LogP contribution in [-0.4, -0.2) is 30.1 Å². The van der Waals surface area contributed by atoms with Gasteiger partial charge < -0.3 is 9.47 Å². The van der Waals surface area contributed by atoms with Gasteiger partial charge in [-0.1, -0.05) is 11.6 Å². The van der Waals surface area contributed by atoms with Crippen molar-refractivity contribution in [3.05, 3.63) is 28.5 Å². The summed E-state index contributed by atoms with van der Waals surface area (Å²) in [6.45, 7) is 3.73. The van der Waals surface area contributed by atoms with Crippen LogP contribution in [0.4, 0.5) is 0 Å². The quantitative estimate of drug-likeness (QED) is 0.773. The number of carbonyl (C=O) groups excluding carboxylic acids is 2. The van der Waals surface area contributed by atoms with Gasteiger partial charge in [-0.2, -0.15) is 0 Å². The number of aromatic nitrogens is 1. The highest BCUT2D eigenvalue weighted by molar-refractivity contribution is 6.31. The van der Waals surface area contributed by atoms with E-state index >= 15 is 0 Å². The van der Waals surface area contributed by atoms with Crippen LogP contribution in [-0.2, 0) is 9.47 Å². The smallest absolute Gasteiger partial charge is 0.357 e. The Morgan fingerprint density at radius 1 is 1.24 bits per heavy atom. The van der Waals surface area contributed by atoms with E-state index in [2.05, 4.69) is 4.98 Å². The van der Waals surface area contributed by atoms with Gasteiger partial charge in [0.25, 0.3) is 0 Å². The summed E-state index contributed by atoms with van der Waals surface area (Å²) in [5, 5.41) is 0.251. The number of esters is 2. The van der Waals surface area contributed by atoms with Gasteiger partial charge in [-0.3, -0.25) is 0 Å². The summed E-state index contributed by atoms with van der Waals surface area (Å²) in [4.78, 5) is 26.9. The Bertz CT molecular complexity index is 433. The van der Waals surface area contributed by atoms with Crippen molar-refractivity contribution in [2.45, 2.75) is 13.8 Å². The van der Waals surface area contributed by atoms with Crippen LogP contribution in [0.3, 0.4) is 0 Å². The fourth-order valence-corrected chi connectivity index (χ4v) is 1.32. The van der Waals surface area contributed by atoms with E-state index in [-0.39, 0.29) is 29.5 Å². The average Bonchev–Trinajstić information content (AvgIpc) is 2.29. The molecule has 0 radical (unpaired) electrons. The molecule has 0 saturated heterocycles. The van der Waals surface area contributed by atoms with E-state index in [0.29, 0.717) is 0 Å². The van der Waals surface area contributed by atoms with Gasteiger partial charge in [-0.05, 0) is 19.9 Å². The van der Waals surface area contributed by atoms with Crippen LogP contribution >= 0.6 is 11.6 Å². The molecule has 1 heterocycles. The van der Waals surface area contributed by atoms with Crippen molar-refractivity contribution in [2.75, 3.05) is 13.2 Å². The van der Waals surface area contributed by atoms with Crippen LogP contribution in [0.25, 0.3) is 0 Å². The minimum absolute atomic E-state index is 0.0119. The number of rotatable bonds is 4. The van der Waals surface area contributed by atoms with Crippen molar-refractivity contribution < 1.29 is 19.1 Å². The highest BCUT2D eigenvalue weighted by atomic mass is 35.5. The third-order valence-electron chi connectivity index (χ3n) is 1.82.